The summed E-state index contributed by atoms with van der Waals surface area (Å²) in [5, 5.41) is 5.93. The molecule has 0 saturated carbocycles. The zero-order chi connectivity index (χ0) is 43.5. The lowest BCUT2D eigenvalue weighted by molar-refractivity contribution is -0.151. The summed E-state index contributed by atoms with van der Waals surface area (Å²) in [7, 11) is 2.52. The van der Waals surface area contributed by atoms with Crippen molar-refractivity contribution >= 4 is 80.2 Å². The standard InChI is InChI=1S/C44H43N3O12S2/c1-22-10-13-27-31(16-22)60-37(35(27)43(54)56-3)45-33(48)20-58-41(52)25-12-15-26-29(19-25)40(51)47(39(26)50)30(18-24-8-6-5-7-9-24)42(53)59-21-34(49)46-38-36(44(55)57-4)28-14-11-23(2)17-32(28)61-38/h5-9,12,15,19,22-23,30H,10-11,13-14,16-18,20-21H2,1-4H3,(H,45,48)(H,46,49)/t22-,23-,30+/m0/s1. The van der Waals surface area contributed by atoms with Crippen molar-refractivity contribution in [1.29, 1.82) is 0 Å². The van der Waals surface area contributed by atoms with Crippen LogP contribution in [0.3, 0.4) is 0 Å². The van der Waals surface area contributed by atoms with E-state index in [9.17, 15) is 38.4 Å². The zero-order valence-electron chi connectivity index (χ0n) is 33.9. The molecular formula is C44H43N3O12S2. The van der Waals surface area contributed by atoms with Gasteiger partial charge in [0.25, 0.3) is 23.6 Å². The highest BCUT2D eigenvalue weighted by Crippen LogP contribution is 2.41. The van der Waals surface area contributed by atoms with Crippen LogP contribution in [0.1, 0.15) is 105 Å². The molecule has 61 heavy (non-hydrogen) atoms. The highest BCUT2D eigenvalue weighted by Gasteiger charge is 2.44. The van der Waals surface area contributed by atoms with Crippen molar-refractivity contribution in [2.75, 3.05) is 38.1 Å². The average molecular weight is 870 g/mol. The number of nitrogens with one attached hydrogen (secondary N) is 2. The van der Waals surface area contributed by atoms with Crippen LogP contribution in [-0.4, -0.2) is 85.9 Å². The molecule has 15 nitrogen and oxygen atoms in total. The van der Waals surface area contributed by atoms with Gasteiger partial charge in [-0.1, -0.05) is 44.2 Å². The Morgan fingerprint density at radius 1 is 0.705 bits per heavy atom. The zero-order valence-corrected chi connectivity index (χ0v) is 35.5. The van der Waals surface area contributed by atoms with Crippen molar-refractivity contribution in [1.82, 2.24) is 4.90 Å². The number of ether oxygens (including phenoxy) is 4. The molecule has 0 spiro atoms. The monoisotopic (exact) mass is 869 g/mol. The quantitative estimate of drug-likeness (QED) is 0.0929. The van der Waals surface area contributed by atoms with E-state index in [1.807, 2.05) is 0 Å². The number of carbonyl (C=O) groups excluding carboxylic acids is 8. The van der Waals surface area contributed by atoms with Crippen LogP contribution >= 0.6 is 22.7 Å². The fraction of sp³-hybridized carbons (Fsp3) is 0.364. The highest BCUT2D eigenvalue weighted by atomic mass is 32.1. The summed E-state index contributed by atoms with van der Waals surface area (Å²) in [6.45, 7) is 2.72. The molecule has 0 bridgehead atoms. The van der Waals surface area contributed by atoms with Crippen LogP contribution in [0.2, 0.25) is 0 Å². The molecule has 2 aliphatic carbocycles. The largest absolute Gasteiger partial charge is 0.465 e. The number of methoxy groups -OCH3 is 2. The Morgan fingerprint density at radius 3 is 1.77 bits per heavy atom. The van der Waals surface area contributed by atoms with Gasteiger partial charge in [-0.2, -0.15) is 0 Å². The molecule has 4 aromatic rings. The lowest BCUT2D eigenvalue weighted by atomic mass is 9.88. The minimum atomic E-state index is -1.51. The molecule has 1 aliphatic heterocycles. The van der Waals surface area contributed by atoms with Crippen LogP contribution in [0.15, 0.2) is 48.5 Å². The van der Waals surface area contributed by atoms with E-state index in [2.05, 4.69) is 24.5 Å². The van der Waals surface area contributed by atoms with Gasteiger partial charge in [-0.15, -0.1) is 22.7 Å². The van der Waals surface area contributed by atoms with Crippen molar-refractivity contribution < 1.29 is 57.3 Å². The van der Waals surface area contributed by atoms with Gasteiger partial charge in [0.1, 0.15) is 16.0 Å². The molecular weight excluding hydrogens is 827 g/mol. The van der Waals surface area contributed by atoms with E-state index in [4.69, 9.17) is 18.9 Å². The normalized spacial score (nSPS) is 17.0. The molecule has 318 valence electrons. The third-order valence-electron chi connectivity index (χ3n) is 11.0. The number of carbonyl (C=O) groups is 8. The van der Waals surface area contributed by atoms with E-state index in [0.29, 0.717) is 40.8 Å². The van der Waals surface area contributed by atoms with E-state index in [1.165, 1.54) is 49.0 Å². The first kappa shape index (κ1) is 42.9. The van der Waals surface area contributed by atoms with Gasteiger partial charge in [0, 0.05) is 16.2 Å². The predicted octanol–water partition coefficient (Wildman–Crippen LogP) is 5.82. The first-order chi connectivity index (χ1) is 29.3. The number of nitrogens with zero attached hydrogens (tertiary/aromatic N) is 1. The number of imide groups is 1. The van der Waals surface area contributed by atoms with E-state index in [-0.39, 0.29) is 33.7 Å². The summed E-state index contributed by atoms with van der Waals surface area (Å²) in [6.07, 6.45) is 4.44. The van der Waals surface area contributed by atoms with Gasteiger partial charge in [0.05, 0.1) is 42.0 Å². The van der Waals surface area contributed by atoms with E-state index in [1.54, 1.807) is 30.3 Å². The third-order valence-corrected chi connectivity index (χ3v) is 13.3. The Hall–Kier alpha value is -6.20. The van der Waals surface area contributed by atoms with Crippen LogP contribution in [0.25, 0.3) is 0 Å². The molecule has 3 heterocycles. The molecule has 2 aromatic heterocycles. The topological polar surface area (TPSA) is 201 Å². The number of amides is 4. The Labute approximate surface area is 358 Å². The van der Waals surface area contributed by atoms with Crippen LogP contribution in [-0.2, 0) is 65.4 Å². The Balaban J connectivity index is 1.03. The van der Waals surface area contributed by atoms with Gasteiger partial charge in [-0.05, 0) is 85.3 Å². The maximum Gasteiger partial charge on any atom is 0.341 e. The van der Waals surface area contributed by atoms with Gasteiger partial charge in [0.15, 0.2) is 13.2 Å². The fourth-order valence-corrected chi connectivity index (χ4v) is 10.7. The smallest absolute Gasteiger partial charge is 0.341 e. The summed E-state index contributed by atoms with van der Waals surface area (Å²) in [4.78, 5) is 109. The SMILES string of the molecule is COC(=O)c1c(NC(=O)COC(=O)c2ccc3c(c2)C(=O)N([C@H](Cc2ccccc2)C(=O)OCC(=O)Nc2sc4c(c2C(=O)OC)CC[C@H](C)C4)C3=O)sc2c1CC[C@H](C)C2. The summed E-state index contributed by atoms with van der Waals surface area (Å²) in [5.74, 6) is -5.50. The maximum absolute atomic E-state index is 14.0. The lowest BCUT2D eigenvalue weighted by Gasteiger charge is -2.24. The number of benzene rings is 2. The second-order valence-corrected chi connectivity index (χ2v) is 17.5. The Bertz CT molecular complexity index is 2460. The molecule has 3 aliphatic rings. The van der Waals surface area contributed by atoms with E-state index in [0.717, 1.165) is 57.5 Å². The van der Waals surface area contributed by atoms with Crippen LogP contribution < -0.4 is 10.6 Å². The predicted molar refractivity (Wildman–Crippen MR) is 223 cm³/mol. The molecule has 17 heteroatoms. The number of thiophene rings is 2. The number of hydrogen-bond acceptors (Lipinski definition) is 14. The van der Waals surface area contributed by atoms with Gasteiger partial charge >= 0.3 is 23.9 Å². The second kappa shape index (κ2) is 18.2. The Morgan fingerprint density at radius 2 is 1.23 bits per heavy atom. The molecule has 0 unspecified atom stereocenters. The summed E-state index contributed by atoms with van der Waals surface area (Å²) in [6, 6.07) is 10.8. The molecule has 3 atom stereocenters. The maximum atomic E-state index is 14.0. The van der Waals surface area contributed by atoms with Gasteiger partial charge in [-0.3, -0.25) is 24.1 Å². The van der Waals surface area contributed by atoms with Crippen LogP contribution in [0, 0.1) is 11.8 Å². The number of fused-ring (bicyclic) bond motifs is 3. The molecule has 0 saturated heterocycles. The molecule has 4 amide bonds. The molecule has 7 rings (SSSR count). The number of rotatable bonds is 13. The first-order valence-corrected chi connectivity index (χ1v) is 21.4. The molecule has 2 N–H and O–H groups in total. The number of esters is 4. The molecule has 0 fully saturated rings. The van der Waals surface area contributed by atoms with Crippen molar-refractivity contribution in [3.63, 3.8) is 0 Å². The fourth-order valence-electron chi connectivity index (χ4n) is 7.87. The van der Waals surface area contributed by atoms with Crippen LogP contribution in [0.4, 0.5) is 10.0 Å². The van der Waals surface area contributed by atoms with E-state index >= 15 is 0 Å². The number of hydrogen-bond donors (Lipinski definition) is 2. The highest BCUT2D eigenvalue weighted by molar-refractivity contribution is 7.17. The molecule has 0 radical (unpaired) electrons. The minimum Gasteiger partial charge on any atom is -0.465 e. The van der Waals surface area contributed by atoms with Gasteiger partial charge in [-0.25, -0.2) is 19.2 Å². The average Bonchev–Trinajstić information content (AvgIpc) is 3.87. The van der Waals surface area contributed by atoms with Gasteiger partial charge < -0.3 is 29.6 Å². The summed E-state index contributed by atoms with van der Waals surface area (Å²) in [5.41, 5.74) is 2.42. The van der Waals surface area contributed by atoms with Crippen molar-refractivity contribution in [2.45, 2.75) is 64.8 Å². The summed E-state index contributed by atoms with van der Waals surface area (Å²) < 4.78 is 20.7. The first-order valence-electron chi connectivity index (χ1n) is 19.7. The van der Waals surface area contributed by atoms with Crippen LogP contribution in [0.5, 0.6) is 0 Å². The van der Waals surface area contributed by atoms with E-state index < -0.39 is 66.8 Å². The molecule has 2 aromatic carbocycles. The summed E-state index contributed by atoms with van der Waals surface area (Å²) >= 11 is 2.55. The van der Waals surface area contributed by atoms with Gasteiger partial charge in [0.2, 0.25) is 0 Å². The van der Waals surface area contributed by atoms with Crippen molar-refractivity contribution in [3.05, 3.63) is 103 Å². The number of anilines is 2. The second-order valence-electron chi connectivity index (χ2n) is 15.3. The van der Waals surface area contributed by atoms with Crippen molar-refractivity contribution in [3.8, 4) is 0 Å². The third kappa shape index (κ3) is 8.98. The lowest BCUT2D eigenvalue weighted by Crippen LogP contribution is -2.47. The van der Waals surface area contributed by atoms with Crippen molar-refractivity contribution in [2.24, 2.45) is 11.8 Å². The minimum absolute atomic E-state index is 0.0828. The Kier molecular flexibility index (Phi) is 12.8.